The minimum Gasteiger partial charge on any atom is -0.335 e. The fourth-order valence-electron chi connectivity index (χ4n) is 9.97. The monoisotopic (exact) mass is 853 g/mol. The Hall–Kier alpha value is -4.74. The number of nitro benzene ring substituents is 1. The van der Waals surface area contributed by atoms with Crippen LogP contribution in [-0.4, -0.2) is 44.4 Å². The number of hydrogen-bond acceptors (Lipinski definition) is 10. The van der Waals surface area contributed by atoms with E-state index in [2.05, 4.69) is 24.2 Å². The average Bonchev–Trinajstić information content (AvgIpc) is 3.61. The quantitative estimate of drug-likeness (QED) is 0.0288. The van der Waals surface area contributed by atoms with Crippen molar-refractivity contribution in [1.82, 2.24) is 4.57 Å². The second-order valence-electron chi connectivity index (χ2n) is 19.1. The Morgan fingerprint density at radius 1 is 0.694 bits per heavy atom. The van der Waals surface area contributed by atoms with Gasteiger partial charge in [-0.3, -0.25) is 19.7 Å². The van der Waals surface area contributed by atoms with E-state index in [-0.39, 0.29) is 58.5 Å². The molecule has 62 heavy (non-hydrogen) atoms. The van der Waals surface area contributed by atoms with Gasteiger partial charge in [0.15, 0.2) is 0 Å². The molecule has 1 heterocycles. The first kappa shape index (κ1) is 46.8. The molecule has 0 spiro atoms. The minimum atomic E-state index is -0.512. The normalized spacial score (nSPS) is 17.6. The summed E-state index contributed by atoms with van der Waals surface area (Å²) in [5.41, 5.74) is 2.43. The molecule has 12 nitrogen and oxygen atoms in total. The van der Waals surface area contributed by atoms with Crippen molar-refractivity contribution in [2.24, 2.45) is 39.9 Å². The number of ketones is 2. The minimum absolute atomic E-state index is 0.0370. The van der Waals surface area contributed by atoms with Gasteiger partial charge >= 0.3 is 11.9 Å². The van der Waals surface area contributed by atoms with Crippen LogP contribution >= 0.6 is 0 Å². The van der Waals surface area contributed by atoms with E-state index >= 15 is 0 Å². The number of non-ortho nitro benzene ring substituents is 1. The van der Waals surface area contributed by atoms with Gasteiger partial charge in [-0.05, 0) is 99.8 Å². The lowest BCUT2D eigenvalue weighted by molar-refractivity contribution is -0.383. The summed E-state index contributed by atoms with van der Waals surface area (Å²) in [5, 5.41) is 22.6. The molecular weight excluding hydrogens is 785 g/mol. The lowest BCUT2D eigenvalue weighted by Gasteiger charge is -2.22. The molecular formula is C50H68N4O8. The van der Waals surface area contributed by atoms with Gasteiger partial charge in [0.2, 0.25) is 11.6 Å². The van der Waals surface area contributed by atoms with Gasteiger partial charge in [0.25, 0.3) is 5.69 Å². The van der Waals surface area contributed by atoms with Gasteiger partial charge in [-0.15, -0.1) is 0 Å². The number of carbonyl (C=O) groups excluding carboxylic acids is 4. The van der Waals surface area contributed by atoms with Crippen LogP contribution in [0.1, 0.15) is 189 Å². The van der Waals surface area contributed by atoms with Gasteiger partial charge in [-0.25, -0.2) is 9.59 Å². The molecule has 0 atom stereocenters. The topological polar surface area (TPSA) is 160 Å². The second-order valence-corrected chi connectivity index (χ2v) is 19.1. The summed E-state index contributed by atoms with van der Waals surface area (Å²) >= 11 is 0. The summed E-state index contributed by atoms with van der Waals surface area (Å²) in [4.78, 5) is 79.2. The number of aryl methyl sites for hydroxylation is 2. The summed E-state index contributed by atoms with van der Waals surface area (Å²) < 4.78 is 1.93. The zero-order valence-corrected chi connectivity index (χ0v) is 37.8. The average molecular weight is 853 g/mol. The Morgan fingerprint density at radius 2 is 1.21 bits per heavy atom. The molecule has 3 aliphatic carbocycles. The number of Topliss-reactive ketones (excluding diaryl/α,β-unsaturated/α-hetero) is 2. The number of benzene rings is 2. The fraction of sp³-hybridized carbons (Fsp3) is 0.640. The summed E-state index contributed by atoms with van der Waals surface area (Å²) in [6, 6.07) is 6.64. The molecule has 3 fully saturated rings. The standard InChI is InChI=1S/C50H68N4O8/c1-6-53-45-37(25-17-16-18-32(2)3)28-38(47(55)42(26-33(4)5)51-61-49(57)35-21-12-8-13-22-35)29-40(45)41-30-39(31-44(46(41)53)54(59)60)48(56)43(27-34-19-10-7-11-20-34)52-62-50(58)36-23-14-9-15-24-36/h28-36H,6-27H2,1-5H3/b51-42+,52-43+. The molecule has 3 aromatic rings. The number of fused-ring (bicyclic) bond motifs is 3. The number of unbranched alkanes of at least 4 members (excludes halogenated alkanes) is 1. The third kappa shape index (κ3) is 11.6. The smallest absolute Gasteiger partial charge is 0.335 e. The molecule has 0 bridgehead atoms. The van der Waals surface area contributed by atoms with Crippen LogP contribution in [0.3, 0.4) is 0 Å². The highest BCUT2D eigenvalue weighted by molar-refractivity contribution is 6.47. The van der Waals surface area contributed by atoms with Gasteiger partial charge < -0.3 is 14.2 Å². The van der Waals surface area contributed by atoms with E-state index in [1.807, 2.05) is 31.4 Å². The molecule has 0 radical (unpaired) electrons. The molecule has 3 aliphatic rings. The molecule has 336 valence electrons. The lowest BCUT2D eigenvalue weighted by Crippen LogP contribution is -2.23. The summed E-state index contributed by atoms with van der Waals surface area (Å²) in [6.07, 6.45) is 18.0. The Balaban J connectivity index is 1.48. The van der Waals surface area contributed by atoms with Crippen molar-refractivity contribution in [3.05, 3.63) is 51.1 Å². The SMILES string of the molecule is CCn1c2c(CCCCC(C)C)cc(C(=O)/C(CC(C)C)=N/OC(=O)C3CCCCC3)cc2c2cc(C(=O)/C(CC3CCCCC3)=N/OC(=O)C3CCCCC3)cc([N+](=O)[O-])c21. The first-order chi connectivity index (χ1) is 29.9. The van der Waals surface area contributed by atoms with Crippen LogP contribution in [0.15, 0.2) is 34.6 Å². The maximum atomic E-state index is 14.7. The van der Waals surface area contributed by atoms with Gasteiger partial charge in [0, 0.05) is 34.5 Å². The van der Waals surface area contributed by atoms with Crippen molar-refractivity contribution < 1.29 is 33.8 Å². The van der Waals surface area contributed by atoms with Crippen LogP contribution in [0.5, 0.6) is 0 Å². The zero-order chi connectivity index (χ0) is 44.3. The third-order valence-corrected chi connectivity index (χ3v) is 13.3. The van der Waals surface area contributed by atoms with Crippen molar-refractivity contribution in [1.29, 1.82) is 0 Å². The number of nitrogens with zero attached hydrogens (tertiary/aromatic N) is 4. The lowest BCUT2D eigenvalue weighted by atomic mass is 9.84. The first-order valence-electron chi connectivity index (χ1n) is 23.8. The van der Waals surface area contributed by atoms with Crippen LogP contribution in [0.25, 0.3) is 21.8 Å². The Kier molecular flexibility index (Phi) is 16.6. The molecule has 12 heteroatoms. The summed E-state index contributed by atoms with van der Waals surface area (Å²) in [5.74, 6) is -1.49. The van der Waals surface area contributed by atoms with E-state index in [1.54, 1.807) is 12.1 Å². The molecule has 0 aliphatic heterocycles. The van der Waals surface area contributed by atoms with Crippen LogP contribution in [0.2, 0.25) is 0 Å². The number of oxime groups is 2. The first-order valence-corrected chi connectivity index (χ1v) is 23.8. The maximum absolute atomic E-state index is 14.7. The molecule has 0 unspecified atom stereocenters. The van der Waals surface area contributed by atoms with Gasteiger partial charge in [0.05, 0.1) is 22.3 Å². The van der Waals surface area contributed by atoms with Gasteiger partial charge in [-0.2, -0.15) is 0 Å². The van der Waals surface area contributed by atoms with E-state index in [0.29, 0.717) is 47.2 Å². The van der Waals surface area contributed by atoms with E-state index in [4.69, 9.17) is 9.68 Å². The van der Waals surface area contributed by atoms with Crippen LogP contribution in [-0.2, 0) is 32.2 Å². The van der Waals surface area contributed by atoms with E-state index in [9.17, 15) is 29.3 Å². The van der Waals surface area contributed by atoms with Gasteiger partial charge in [-0.1, -0.05) is 121 Å². The second kappa shape index (κ2) is 22.1. The highest BCUT2D eigenvalue weighted by Gasteiger charge is 2.31. The predicted molar refractivity (Wildman–Crippen MR) is 244 cm³/mol. The number of nitro groups is 1. The molecule has 0 saturated heterocycles. The number of aromatic nitrogens is 1. The maximum Gasteiger partial charge on any atom is 0.338 e. The molecule has 3 saturated carbocycles. The number of carbonyl (C=O) groups is 4. The van der Waals surface area contributed by atoms with Crippen molar-refractivity contribution in [3.63, 3.8) is 0 Å². The predicted octanol–water partition coefficient (Wildman–Crippen LogP) is 12.4. The molecule has 0 N–H and O–H groups in total. The highest BCUT2D eigenvalue weighted by Crippen LogP contribution is 2.40. The van der Waals surface area contributed by atoms with Crippen LogP contribution in [0, 0.1) is 39.7 Å². The van der Waals surface area contributed by atoms with Crippen molar-refractivity contribution in [2.45, 2.75) is 176 Å². The molecule has 0 amide bonds. The third-order valence-electron chi connectivity index (χ3n) is 13.3. The van der Waals surface area contributed by atoms with E-state index < -0.39 is 22.6 Å². The van der Waals surface area contributed by atoms with Crippen LogP contribution in [0.4, 0.5) is 5.69 Å². The largest absolute Gasteiger partial charge is 0.338 e. The van der Waals surface area contributed by atoms with E-state index in [0.717, 1.165) is 127 Å². The van der Waals surface area contributed by atoms with E-state index in [1.165, 1.54) is 6.07 Å². The highest BCUT2D eigenvalue weighted by atomic mass is 16.7. The van der Waals surface area contributed by atoms with Gasteiger partial charge in [0.1, 0.15) is 16.9 Å². The Bertz CT molecular complexity index is 2160. The summed E-state index contributed by atoms with van der Waals surface area (Å²) in [7, 11) is 0. The number of hydrogen-bond donors (Lipinski definition) is 0. The summed E-state index contributed by atoms with van der Waals surface area (Å²) in [6.45, 7) is 10.7. The fourth-order valence-corrected chi connectivity index (χ4v) is 9.97. The molecule has 1 aromatic heterocycles. The Labute approximate surface area is 366 Å². The van der Waals surface area contributed by atoms with Crippen molar-refractivity contribution in [2.75, 3.05) is 0 Å². The molecule has 6 rings (SSSR count). The van der Waals surface area contributed by atoms with Crippen molar-refractivity contribution >= 4 is 62.4 Å². The molecule has 2 aromatic carbocycles. The van der Waals surface area contributed by atoms with Crippen LogP contribution < -0.4 is 0 Å². The Morgan fingerprint density at radius 3 is 1.74 bits per heavy atom. The number of rotatable bonds is 19. The van der Waals surface area contributed by atoms with Crippen molar-refractivity contribution in [3.8, 4) is 0 Å². The zero-order valence-electron chi connectivity index (χ0n) is 37.8.